The van der Waals surface area contributed by atoms with E-state index >= 15 is 0 Å². The first-order valence-electron chi connectivity index (χ1n) is 8.41. The van der Waals surface area contributed by atoms with E-state index in [1.54, 1.807) is 0 Å². The number of hydrogen-bond acceptors (Lipinski definition) is 5. The lowest BCUT2D eigenvalue weighted by molar-refractivity contribution is 0.0924. The summed E-state index contributed by atoms with van der Waals surface area (Å²) in [6, 6.07) is 1.90. The molecule has 1 saturated heterocycles. The van der Waals surface area contributed by atoms with Gasteiger partial charge in [0.2, 0.25) is 0 Å². The van der Waals surface area contributed by atoms with Crippen molar-refractivity contribution in [2.45, 2.75) is 46.2 Å². The number of aryl methyl sites for hydroxylation is 3. The molecule has 2 aromatic heterocycles. The quantitative estimate of drug-likeness (QED) is 0.873. The van der Waals surface area contributed by atoms with Gasteiger partial charge in [0.15, 0.2) is 0 Å². The predicted molar refractivity (Wildman–Crippen MR) is 87.8 cm³/mol. The molecule has 0 spiro atoms. The lowest BCUT2D eigenvalue weighted by Gasteiger charge is -2.17. The summed E-state index contributed by atoms with van der Waals surface area (Å²) in [5.41, 5.74) is 2.25. The Kier molecular flexibility index (Phi) is 4.99. The van der Waals surface area contributed by atoms with E-state index in [2.05, 4.69) is 22.5 Å². The average molecular weight is 332 g/mol. The highest BCUT2D eigenvalue weighted by molar-refractivity contribution is 5.95. The first-order valence-corrected chi connectivity index (χ1v) is 8.41. The fourth-order valence-electron chi connectivity index (χ4n) is 3.06. The number of nitrogens with zero attached hydrogens (tertiary/aromatic N) is 3. The van der Waals surface area contributed by atoms with Gasteiger partial charge in [-0.05, 0) is 20.3 Å². The van der Waals surface area contributed by atoms with Gasteiger partial charge in [0.1, 0.15) is 5.76 Å². The van der Waals surface area contributed by atoms with Gasteiger partial charge in [-0.25, -0.2) is 0 Å². The summed E-state index contributed by atoms with van der Waals surface area (Å²) in [4.78, 5) is 12.6. The maximum atomic E-state index is 12.6. The van der Waals surface area contributed by atoms with E-state index in [1.807, 2.05) is 30.8 Å². The maximum absolute atomic E-state index is 12.6. The zero-order valence-corrected chi connectivity index (χ0v) is 14.4. The summed E-state index contributed by atoms with van der Waals surface area (Å²) in [6.45, 7) is 7.79. The molecule has 0 bridgehead atoms. The van der Waals surface area contributed by atoms with Gasteiger partial charge in [-0.1, -0.05) is 12.1 Å². The molecule has 7 heteroatoms. The van der Waals surface area contributed by atoms with Crippen molar-refractivity contribution < 1.29 is 14.1 Å². The van der Waals surface area contributed by atoms with Crippen LogP contribution >= 0.6 is 0 Å². The molecule has 0 radical (unpaired) electrons. The molecule has 2 aromatic rings. The topological polar surface area (TPSA) is 82.2 Å². The fourth-order valence-corrected chi connectivity index (χ4v) is 3.06. The molecular formula is C17H24N4O3. The van der Waals surface area contributed by atoms with Crippen LogP contribution in [0.25, 0.3) is 0 Å². The minimum Gasteiger partial charge on any atom is -0.379 e. The van der Waals surface area contributed by atoms with Crippen molar-refractivity contribution in [2.75, 3.05) is 13.2 Å². The van der Waals surface area contributed by atoms with Crippen molar-refractivity contribution in [3.63, 3.8) is 0 Å². The second-order valence-electron chi connectivity index (χ2n) is 6.41. The Morgan fingerprint density at radius 2 is 2.25 bits per heavy atom. The summed E-state index contributed by atoms with van der Waals surface area (Å²) >= 11 is 0. The normalized spacial score (nSPS) is 20.5. The lowest BCUT2D eigenvalue weighted by atomic mass is 9.98. The number of aromatic nitrogens is 3. The number of rotatable bonds is 6. The molecule has 130 valence electrons. The van der Waals surface area contributed by atoms with E-state index < -0.39 is 0 Å². The third-order valence-corrected chi connectivity index (χ3v) is 4.30. The van der Waals surface area contributed by atoms with Crippen LogP contribution < -0.4 is 5.32 Å². The monoisotopic (exact) mass is 332 g/mol. The molecule has 0 saturated carbocycles. The molecule has 3 rings (SSSR count). The first kappa shape index (κ1) is 16.7. The van der Waals surface area contributed by atoms with E-state index in [9.17, 15) is 4.79 Å². The minimum absolute atomic E-state index is 0.0307. The van der Waals surface area contributed by atoms with Crippen molar-refractivity contribution in [3.05, 3.63) is 35.0 Å². The van der Waals surface area contributed by atoms with E-state index in [0.717, 1.165) is 30.1 Å². The summed E-state index contributed by atoms with van der Waals surface area (Å²) in [6.07, 6.45) is 3.51. The van der Waals surface area contributed by atoms with E-state index in [-0.39, 0.29) is 17.9 Å². The van der Waals surface area contributed by atoms with Crippen LogP contribution in [0.3, 0.4) is 0 Å². The van der Waals surface area contributed by atoms with Crippen molar-refractivity contribution in [2.24, 2.45) is 5.92 Å². The molecule has 1 aliphatic heterocycles. The van der Waals surface area contributed by atoms with Gasteiger partial charge in [0.25, 0.3) is 5.91 Å². The van der Waals surface area contributed by atoms with Crippen molar-refractivity contribution >= 4 is 5.91 Å². The highest BCUT2D eigenvalue weighted by atomic mass is 16.5. The molecule has 0 aromatic carbocycles. The fraction of sp³-hybridized carbons (Fsp3) is 0.588. The molecule has 0 unspecified atom stereocenters. The number of ether oxygens (including phenoxy) is 1. The Morgan fingerprint density at radius 3 is 2.96 bits per heavy atom. The van der Waals surface area contributed by atoms with Gasteiger partial charge < -0.3 is 14.6 Å². The van der Waals surface area contributed by atoms with Crippen LogP contribution in [0.15, 0.2) is 16.8 Å². The summed E-state index contributed by atoms with van der Waals surface area (Å²) < 4.78 is 12.7. The highest BCUT2D eigenvalue weighted by Gasteiger charge is 2.31. The first-order chi connectivity index (χ1) is 11.6. The second kappa shape index (κ2) is 7.17. The maximum Gasteiger partial charge on any atom is 0.255 e. The second-order valence-corrected chi connectivity index (χ2v) is 6.41. The number of carbonyl (C=O) groups excluding carboxylic acids is 1. The van der Waals surface area contributed by atoms with Crippen LogP contribution in [0.5, 0.6) is 0 Å². The molecule has 1 fully saturated rings. The smallest absolute Gasteiger partial charge is 0.255 e. The summed E-state index contributed by atoms with van der Waals surface area (Å²) in [5.74, 6) is 0.922. The Morgan fingerprint density at radius 1 is 1.42 bits per heavy atom. The third kappa shape index (κ3) is 3.67. The van der Waals surface area contributed by atoms with Crippen LogP contribution in [0.1, 0.15) is 40.9 Å². The largest absolute Gasteiger partial charge is 0.379 e. The molecule has 1 N–H and O–H groups in total. The van der Waals surface area contributed by atoms with Crippen LogP contribution in [0.4, 0.5) is 0 Å². The number of nitrogens with one attached hydrogen (secondary N) is 1. The summed E-state index contributed by atoms with van der Waals surface area (Å²) in [5, 5.41) is 11.4. The van der Waals surface area contributed by atoms with Crippen LogP contribution in [0, 0.1) is 19.8 Å². The standard InChI is InChI=1S/C17H24N4O3/c1-4-5-21-8-15(12(3)19-21)17(22)18-16-10-23-9-13(16)7-14-6-11(2)20-24-14/h6,8,13,16H,4-5,7,9-10H2,1-3H3,(H,18,22)/t13-,16+/m0/s1. The zero-order chi connectivity index (χ0) is 17.1. The molecular weight excluding hydrogens is 308 g/mol. The SMILES string of the molecule is CCCn1cc(C(=O)N[C@@H]2COC[C@@H]2Cc2cc(C)no2)c(C)n1. The zero-order valence-electron chi connectivity index (χ0n) is 14.4. The molecule has 0 aliphatic carbocycles. The van der Waals surface area contributed by atoms with Crippen LogP contribution in [-0.2, 0) is 17.7 Å². The van der Waals surface area contributed by atoms with E-state index in [0.29, 0.717) is 25.2 Å². The number of hydrogen-bond donors (Lipinski definition) is 1. The highest BCUT2D eigenvalue weighted by Crippen LogP contribution is 2.20. The lowest BCUT2D eigenvalue weighted by Crippen LogP contribution is -2.40. The van der Waals surface area contributed by atoms with Crippen molar-refractivity contribution in [1.29, 1.82) is 0 Å². The van der Waals surface area contributed by atoms with Gasteiger partial charge >= 0.3 is 0 Å². The molecule has 7 nitrogen and oxygen atoms in total. The Balaban J connectivity index is 1.64. The van der Waals surface area contributed by atoms with Gasteiger partial charge in [-0.2, -0.15) is 5.10 Å². The van der Waals surface area contributed by atoms with Crippen LogP contribution in [-0.4, -0.2) is 40.1 Å². The van der Waals surface area contributed by atoms with Gasteiger partial charge in [-0.3, -0.25) is 9.48 Å². The van der Waals surface area contributed by atoms with E-state index in [4.69, 9.17) is 9.26 Å². The molecule has 3 heterocycles. The van der Waals surface area contributed by atoms with Gasteiger partial charge in [0.05, 0.1) is 36.2 Å². The Hall–Kier alpha value is -2.15. The minimum atomic E-state index is -0.0934. The van der Waals surface area contributed by atoms with Gasteiger partial charge in [-0.15, -0.1) is 0 Å². The van der Waals surface area contributed by atoms with Crippen molar-refractivity contribution in [1.82, 2.24) is 20.3 Å². The molecule has 24 heavy (non-hydrogen) atoms. The van der Waals surface area contributed by atoms with Gasteiger partial charge in [0, 0.05) is 31.1 Å². The predicted octanol–water partition coefficient (Wildman–Crippen LogP) is 1.89. The Labute approximate surface area is 141 Å². The molecule has 1 amide bonds. The number of carbonyl (C=O) groups is 1. The van der Waals surface area contributed by atoms with Crippen molar-refractivity contribution in [3.8, 4) is 0 Å². The number of amides is 1. The van der Waals surface area contributed by atoms with E-state index in [1.165, 1.54) is 0 Å². The van der Waals surface area contributed by atoms with Crippen LogP contribution in [0.2, 0.25) is 0 Å². The molecule has 1 aliphatic rings. The third-order valence-electron chi connectivity index (χ3n) is 4.30. The summed E-state index contributed by atoms with van der Waals surface area (Å²) in [7, 11) is 0. The Bertz CT molecular complexity index is 707. The average Bonchev–Trinajstić information content (AvgIpc) is 3.22. The molecule has 2 atom stereocenters.